The van der Waals surface area contributed by atoms with Crippen molar-refractivity contribution in [2.24, 2.45) is 0 Å². The fraction of sp³-hybridized carbons (Fsp3) is 0.200. The van der Waals surface area contributed by atoms with Gasteiger partial charge in [-0.2, -0.15) is 0 Å². The van der Waals surface area contributed by atoms with E-state index in [2.05, 4.69) is 5.32 Å². The summed E-state index contributed by atoms with van der Waals surface area (Å²) in [5, 5.41) is 10.7. The molecule has 0 saturated carbocycles. The lowest BCUT2D eigenvalue weighted by molar-refractivity contribution is -0.137. The Labute approximate surface area is 89.9 Å². The van der Waals surface area contributed by atoms with Crippen molar-refractivity contribution in [2.75, 3.05) is 0 Å². The summed E-state index contributed by atoms with van der Waals surface area (Å²) in [6, 6.07) is 1.74. The molecular weight excluding hydrogens is 220 g/mol. The fourth-order valence-corrected chi connectivity index (χ4v) is 1.30. The van der Waals surface area contributed by atoms with Gasteiger partial charge in [-0.3, -0.25) is 9.59 Å². The number of hydrogen-bond donors (Lipinski definition) is 2. The van der Waals surface area contributed by atoms with Gasteiger partial charge in [0.15, 0.2) is 0 Å². The monoisotopic (exact) mass is 229 g/mol. The second-order valence-corrected chi connectivity index (χ2v) is 3.10. The molecule has 6 heteroatoms. The molecule has 0 fully saturated rings. The van der Waals surface area contributed by atoms with Crippen molar-refractivity contribution in [3.8, 4) is 0 Å². The van der Waals surface area contributed by atoms with Gasteiger partial charge in [0.05, 0.1) is 12.5 Å². The molecule has 1 rings (SSSR count). The third-order valence-electron chi connectivity index (χ3n) is 1.99. The van der Waals surface area contributed by atoms with Crippen LogP contribution in [0.1, 0.15) is 18.0 Å². The summed E-state index contributed by atoms with van der Waals surface area (Å²) in [7, 11) is 0. The van der Waals surface area contributed by atoms with Gasteiger partial charge in [0.2, 0.25) is 6.41 Å². The molecule has 1 amide bonds. The average Bonchev–Trinajstić information content (AvgIpc) is 2.16. The van der Waals surface area contributed by atoms with Gasteiger partial charge in [-0.1, -0.05) is 6.07 Å². The minimum absolute atomic E-state index is 0.0594. The van der Waals surface area contributed by atoms with Crippen LogP contribution in [0.3, 0.4) is 0 Å². The number of halogens is 2. The maximum absolute atomic E-state index is 13.3. The third kappa shape index (κ3) is 3.01. The Morgan fingerprint density at radius 2 is 2.19 bits per heavy atom. The van der Waals surface area contributed by atoms with Crippen molar-refractivity contribution < 1.29 is 23.5 Å². The highest BCUT2D eigenvalue weighted by Gasteiger charge is 2.18. The largest absolute Gasteiger partial charge is 0.481 e. The lowest BCUT2D eigenvalue weighted by Crippen LogP contribution is -2.23. The molecule has 0 saturated heterocycles. The zero-order chi connectivity index (χ0) is 12.1. The summed E-state index contributed by atoms with van der Waals surface area (Å²) >= 11 is 0. The van der Waals surface area contributed by atoms with E-state index in [-0.39, 0.29) is 12.0 Å². The van der Waals surface area contributed by atoms with Crippen LogP contribution in [-0.2, 0) is 9.59 Å². The van der Waals surface area contributed by atoms with Gasteiger partial charge in [-0.15, -0.1) is 0 Å². The van der Waals surface area contributed by atoms with Crippen LogP contribution in [0.5, 0.6) is 0 Å². The van der Waals surface area contributed by atoms with Crippen LogP contribution in [0.25, 0.3) is 0 Å². The van der Waals surface area contributed by atoms with Gasteiger partial charge in [-0.25, -0.2) is 8.78 Å². The minimum Gasteiger partial charge on any atom is -0.481 e. The van der Waals surface area contributed by atoms with E-state index in [1.165, 1.54) is 0 Å². The Kier molecular flexibility index (Phi) is 3.93. The Bertz CT molecular complexity index is 409. The number of rotatable bonds is 5. The molecule has 0 aromatic heterocycles. The summed E-state index contributed by atoms with van der Waals surface area (Å²) in [5.41, 5.74) is -0.0594. The molecule has 0 spiro atoms. The molecule has 86 valence electrons. The predicted octanol–water partition coefficient (Wildman–Crippen LogP) is 1.23. The van der Waals surface area contributed by atoms with E-state index >= 15 is 0 Å². The summed E-state index contributed by atoms with van der Waals surface area (Å²) < 4.78 is 25.9. The third-order valence-corrected chi connectivity index (χ3v) is 1.99. The van der Waals surface area contributed by atoms with Crippen LogP contribution < -0.4 is 5.32 Å². The van der Waals surface area contributed by atoms with Crippen molar-refractivity contribution in [1.82, 2.24) is 5.32 Å². The van der Waals surface area contributed by atoms with Gasteiger partial charge < -0.3 is 10.4 Å². The van der Waals surface area contributed by atoms with Crippen LogP contribution in [0.2, 0.25) is 0 Å². The van der Waals surface area contributed by atoms with Crippen LogP contribution in [0.15, 0.2) is 18.2 Å². The maximum Gasteiger partial charge on any atom is 0.305 e. The summed E-state index contributed by atoms with van der Waals surface area (Å²) in [5.74, 6) is -2.84. The van der Waals surface area contributed by atoms with Crippen LogP contribution in [0.4, 0.5) is 8.78 Å². The van der Waals surface area contributed by atoms with Gasteiger partial charge in [-0.05, 0) is 6.07 Å². The first kappa shape index (κ1) is 12.1. The standard InChI is InChI=1S/C10H9F2NO3/c11-6-1-2-7(8(12)3-6)9(13-5-14)4-10(15)16/h1-3,5,9H,4H2,(H,13,14)(H,15,16)/t9-/m0/s1. The Morgan fingerprint density at radius 3 is 2.69 bits per heavy atom. The number of benzene rings is 1. The summed E-state index contributed by atoms with van der Waals surface area (Å²) in [4.78, 5) is 20.7. The highest BCUT2D eigenvalue weighted by molar-refractivity contribution is 5.68. The topological polar surface area (TPSA) is 66.4 Å². The van der Waals surface area contributed by atoms with Crippen molar-refractivity contribution >= 4 is 12.4 Å². The highest BCUT2D eigenvalue weighted by Crippen LogP contribution is 2.20. The maximum atomic E-state index is 13.3. The lowest BCUT2D eigenvalue weighted by atomic mass is 10.0. The highest BCUT2D eigenvalue weighted by atomic mass is 19.1. The first-order valence-corrected chi connectivity index (χ1v) is 4.41. The van der Waals surface area contributed by atoms with Crippen molar-refractivity contribution in [2.45, 2.75) is 12.5 Å². The number of carboxylic acids is 1. The van der Waals surface area contributed by atoms with E-state index in [1.54, 1.807) is 0 Å². The quantitative estimate of drug-likeness (QED) is 0.746. The number of aliphatic carboxylic acids is 1. The van der Waals surface area contributed by atoms with Crippen molar-refractivity contribution in [3.63, 3.8) is 0 Å². The molecule has 1 atom stereocenters. The number of nitrogens with one attached hydrogen (secondary N) is 1. The second-order valence-electron chi connectivity index (χ2n) is 3.10. The second kappa shape index (κ2) is 5.20. The smallest absolute Gasteiger partial charge is 0.305 e. The van der Waals surface area contributed by atoms with E-state index in [0.717, 1.165) is 12.1 Å². The van der Waals surface area contributed by atoms with Crippen molar-refractivity contribution in [3.05, 3.63) is 35.4 Å². The molecule has 16 heavy (non-hydrogen) atoms. The number of hydrogen-bond acceptors (Lipinski definition) is 2. The molecule has 0 heterocycles. The number of carbonyl (C=O) groups excluding carboxylic acids is 1. The van der Waals surface area contributed by atoms with E-state index < -0.39 is 30.1 Å². The fourth-order valence-electron chi connectivity index (χ4n) is 1.30. The van der Waals surface area contributed by atoms with E-state index in [0.29, 0.717) is 6.07 Å². The van der Waals surface area contributed by atoms with Gasteiger partial charge in [0.25, 0.3) is 0 Å². The number of carboxylic acid groups (broad SMARTS) is 1. The van der Waals surface area contributed by atoms with E-state index in [9.17, 15) is 18.4 Å². The van der Waals surface area contributed by atoms with Crippen LogP contribution in [0, 0.1) is 11.6 Å². The Morgan fingerprint density at radius 1 is 1.50 bits per heavy atom. The molecule has 0 bridgehead atoms. The number of carbonyl (C=O) groups is 2. The molecule has 0 radical (unpaired) electrons. The predicted molar refractivity (Wildman–Crippen MR) is 50.6 cm³/mol. The molecule has 0 aliphatic rings. The van der Waals surface area contributed by atoms with Crippen LogP contribution in [-0.4, -0.2) is 17.5 Å². The SMILES string of the molecule is O=CN[C@@H](CC(=O)O)c1ccc(F)cc1F. The molecule has 0 aliphatic carbocycles. The molecule has 0 unspecified atom stereocenters. The van der Waals surface area contributed by atoms with Gasteiger partial charge in [0.1, 0.15) is 11.6 Å². The van der Waals surface area contributed by atoms with E-state index in [1.807, 2.05) is 0 Å². The minimum atomic E-state index is -1.19. The van der Waals surface area contributed by atoms with E-state index in [4.69, 9.17) is 5.11 Å². The molecule has 0 aliphatic heterocycles. The first-order valence-electron chi connectivity index (χ1n) is 4.41. The number of amides is 1. The van der Waals surface area contributed by atoms with Gasteiger partial charge in [0, 0.05) is 11.6 Å². The molecule has 1 aromatic carbocycles. The summed E-state index contributed by atoms with van der Waals surface area (Å²) in [6.45, 7) is 0. The van der Waals surface area contributed by atoms with Crippen LogP contribution >= 0.6 is 0 Å². The summed E-state index contributed by atoms with van der Waals surface area (Å²) in [6.07, 6.45) is -0.197. The zero-order valence-corrected chi connectivity index (χ0v) is 8.11. The first-order chi connectivity index (χ1) is 7.54. The van der Waals surface area contributed by atoms with Crippen molar-refractivity contribution in [1.29, 1.82) is 0 Å². The molecule has 1 aromatic rings. The normalized spacial score (nSPS) is 11.9. The Balaban J connectivity index is 3.00. The average molecular weight is 229 g/mol. The zero-order valence-electron chi connectivity index (χ0n) is 8.11. The molecule has 2 N–H and O–H groups in total. The lowest BCUT2D eigenvalue weighted by Gasteiger charge is -2.14. The molecular formula is C10H9F2NO3. The van der Waals surface area contributed by atoms with Gasteiger partial charge >= 0.3 is 5.97 Å². The Hall–Kier alpha value is -1.98. The molecule has 4 nitrogen and oxygen atoms in total.